The van der Waals surface area contributed by atoms with Crippen LogP contribution in [0.25, 0.3) is 0 Å². The van der Waals surface area contributed by atoms with E-state index >= 15 is 0 Å². The predicted octanol–water partition coefficient (Wildman–Crippen LogP) is 6.19. The van der Waals surface area contributed by atoms with Crippen molar-refractivity contribution in [2.45, 2.75) is 74.2 Å². The topological polar surface area (TPSA) is 29.5 Å². The molecule has 0 spiro atoms. The van der Waals surface area contributed by atoms with Crippen molar-refractivity contribution in [3.8, 4) is 5.75 Å². The molecule has 1 atom stereocenters. The smallest absolute Gasteiger partial charge is 0.384 e. The Morgan fingerprint density at radius 1 is 0.742 bits per heavy atom. The first-order valence-electron chi connectivity index (χ1n) is 8.62. The Kier molecular flexibility index (Phi) is 5.63. The predicted molar refractivity (Wildman–Crippen MR) is 85.0 cm³/mol. The first-order chi connectivity index (χ1) is 13.6. The summed E-state index contributed by atoms with van der Waals surface area (Å²) in [6, 6.07) is 4.27. The minimum Gasteiger partial charge on any atom is -0.488 e. The SMILES string of the molecule is CC(C)(C)Oc1ccccc1C(O)CC1(F)C(F)(F)C(F)(F)C(F)(F)C(F)(F)C1(F)F. The fourth-order valence-electron chi connectivity index (χ4n) is 3.10. The Hall–Kier alpha value is -1.79. The van der Waals surface area contributed by atoms with Gasteiger partial charge in [0.2, 0.25) is 0 Å². The average Bonchev–Trinajstić information content (AvgIpc) is 2.58. The third kappa shape index (κ3) is 3.25. The third-order valence-corrected chi connectivity index (χ3v) is 4.74. The van der Waals surface area contributed by atoms with Gasteiger partial charge in [0.1, 0.15) is 11.4 Å². The number of para-hydroxylation sites is 1. The van der Waals surface area contributed by atoms with Crippen LogP contribution < -0.4 is 4.74 Å². The fourth-order valence-corrected chi connectivity index (χ4v) is 3.10. The first kappa shape index (κ1) is 25.5. The Morgan fingerprint density at radius 2 is 1.13 bits per heavy atom. The highest BCUT2D eigenvalue weighted by Gasteiger charge is 3.00. The maximum absolute atomic E-state index is 14.9. The van der Waals surface area contributed by atoms with Crippen molar-refractivity contribution in [2.24, 2.45) is 0 Å². The van der Waals surface area contributed by atoms with Gasteiger partial charge in [-0.05, 0) is 26.8 Å². The summed E-state index contributed by atoms with van der Waals surface area (Å²) in [5.74, 6) is -36.1. The molecule has 2 nitrogen and oxygen atoms in total. The number of rotatable bonds is 4. The van der Waals surface area contributed by atoms with Crippen LogP contribution >= 0.6 is 0 Å². The molecule has 1 aromatic carbocycles. The van der Waals surface area contributed by atoms with E-state index in [1.165, 1.54) is 26.8 Å². The number of halogens is 11. The summed E-state index contributed by atoms with van der Waals surface area (Å²) in [6.07, 6.45) is -5.60. The standard InChI is InChI=1S/C18H17F11O2/c1-12(2,3)31-11-7-5-4-6-9(11)10(30)8-13(19)14(20,21)16(24,25)18(28,29)17(26,27)15(13,22)23/h4-7,10,30H,8H2,1-3H3. The molecule has 0 aliphatic heterocycles. The second-order valence-corrected chi connectivity index (χ2v) is 8.15. The second kappa shape index (κ2) is 6.85. The number of ether oxygens (including phenoxy) is 1. The quantitative estimate of drug-likeness (QED) is 0.528. The monoisotopic (exact) mass is 474 g/mol. The lowest BCUT2D eigenvalue weighted by atomic mass is 9.69. The largest absolute Gasteiger partial charge is 0.488 e. The Labute approximate surface area is 169 Å². The van der Waals surface area contributed by atoms with Crippen molar-refractivity contribution in [3.63, 3.8) is 0 Å². The van der Waals surface area contributed by atoms with E-state index in [0.717, 1.165) is 18.2 Å². The van der Waals surface area contributed by atoms with E-state index in [0.29, 0.717) is 0 Å². The van der Waals surface area contributed by atoms with E-state index < -0.39 is 64.7 Å². The number of aliphatic hydroxyl groups excluding tert-OH is 1. The van der Waals surface area contributed by atoms with Gasteiger partial charge in [-0.1, -0.05) is 18.2 Å². The lowest BCUT2D eigenvalue weighted by Crippen LogP contribution is -2.83. The lowest BCUT2D eigenvalue weighted by molar-refractivity contribution is -0.487. The van der Waals surface area contributed by atoms with Crippen LogP contribution in [0.5, 0.6) is 5.75 Å². The van der Waals surface area contributed by atoms with Crippen LogP contribution in [0.3, 0.4) is 0 Å². The van der Waals surface area contributed by atoms with Gasteiger partial charge in [-0.25, -0.2) is 4.39 Å². The van der Waals surface area contributed by atoms with Crippen molar-refractivity contribution >= 4 is 0 Å². The van der Waals surface area contributed by atoms with Gasteiger partial charge in [0.05, 0.1) is 6.10 Å². The van der Waals surface area contributed by atoms with Crippen molar-refractivity contribution < 1.29 is 58.1 Å². The summed E-state index contributed by atoms with van der Waals surface area (Å²) in [4.78, 5) is 0. The van der Waals surface area contributed by atoms with Gasteiger partial charge >= 0.3 is 29.6 Å². The molecule has 0 heterocycles. The summed E-state index contributed by atoms with van der Waals surface area (Å²) in [5, 5.41) is 10.1. The van der Waals surface area contributed by atoms with E-state index in [4.69, 9.17) is 4.74 Å². The third-order valence-electron chi connectivity index (χ3n) is 4.74. The molecule has 1 unspecified atom stereocenters. The number of hydrogen-bond donors (Lipinski definition) is 1. The minimum absolute atomic E-state index is 0.391. The van der Waals surface area contributed by atoms with Crippen LogP contribution in [0.1, 0.15) is 38.9 Å². The van der Waals surface area contributed by atoms with Crippen LogP contribution in [0.4, 0.5) is 48.3 Å². The van der Waals surface area contributed by atoms with Gasteiger partial charge in [0.25, 0.3) is 5.67 Å². The van der Waals surface area contributed by atoms with Crippen LogP contribution in [0.2, 0.25) is 0 Å². The Bertz CT molecular complexity index is 800. The van der Waals surface area contributed by atoms with Gasteiger partial charge < -0.3 is 9.84 Å². The molecule has 2 rings (SSSR count). The normalized spacial score (nSPS) is 26.2. The molecule has 1 fully saturated rings. The van der Waals surface area contributed by atoms with Gasteiger partial charge in [0.15, 0.2) is 0 Å². The minimum atomic E-state index is -7.29. The number of hydrogen-bond acceptors (Lipinski definition) is 2. The zero-order valence-corrected chi connectivity index (χ0v) is 16.1. The van der Waals surface area contributed by atoms with E-state index in [-0.39, 0.29) is 0 Å². The van der Waals surface area contributed by atoms with Gasteiger partial charge in [-0.3, -0.25) is 0 Å². The lowest BCUT2D eigenvalue weighted by Gasteiger charge is -2.53. The molecule has 31 heavy (non-hydrogen) atoms. The van der Waals surface area contributed by atoms with E-state index in [1.54, 1.807) is 0 Å². The molecule has 1 N–H and O–H groups in total. The van der Waals surface area contributed by atoms with Crippen LogP contribution in [-0.2, 0) is 0 Å². The molecule has 0 amide bonds. The van der Waals surface area contributed by atoms with Crippen molar-refractivity contribution in [2.75, 3.05) is 0 Å². The Morgan fingerprint density at radius 3 is 1.55 bits per heavy atom. The molecule has 1 aliphatic carbocycles. The molecule has 0 radical (unpaired) electrons. The summed E-state index contributed by atoms with van der Waals surface area (Å²) in [5.41, 5.74) is -7.99. The van der Waals surface area contributed by atoms with Crippen LogP contribution in [0.15, 0.2) is 24.3 Å². The molecular formula is C18H17F11O2. The summed E-state index contributed by atoms with van der Waals surface area (Å²) < 4.78 is 157. The van der Waals surface area contributed by atoms with Crippen LogP contribution in [-0.4, -0.2) is 46.0 Å². The van der Waals surface area contributed by atoms with Crippen LogP contribution in [0, 0.1) is 0 Å². The van der Waals surface area contributed by atoms with Crippen molar-refractivity contribution in [1.29, 1.82) is 0 Å². The number of benzene rings is 1. The van der Waals surface area contributed by atoms with Gasteiger partial charge in [-0.2, -0.15) is 43.9 Å². The fraction of sp³-hybridized carbons (Fsp3) is 0.667. The highest BCUT2D eigenvalue weighted by Crippen LogP contribution is 2.70. The molecule has 1 aromatic rings. The Balaban J connectivity index is 2.62. The second-order valence-electron chi connectivity index (χ2n) is 8.15. The highest BCUT2D eigenvalue weighted by molar-refractivity contribution is 5.37. The average molecular weight is 474 g/mol. The molecule has 0 aromatic heterocycles. The molecule has 1 saturated carbocycles. The van der Waals surface area contributed by atoms with Gasteiger partial charge in [0, 0.05) is 12.0 Å². The summed E-state index contributed by atoms with van der Waals surface area (Å²) in [6.45, 7) is 4.37. The summed E-state index contributed by atoms with van der Waals surface area (Å²) >= 11 is 0. The summed E-state index contributed by atoms with van der Waals surface area (Å²) in [7, 11) is 0. The van der Waals surface area contributed by atoms with Crippen molar-refractivity contribution in [3.05, 3.63) is 29.8 Å². The zero-order valence-electron chi connectivity index (χ0n) is 16.1. The molecule has 13 heteroatoms. The maximum Gasteiger partial charge on any atom is 0.384 e. The molecule has 1 aliphatic rings. The molecule has 178 valence electrons. The number of aliphatic hydroxyl groups is 1. The maximum atomic E-state index is 14.9. The van der Waals surface area contributed by atoms with E-state index in [9.17, 15) is 53.4 Å². The van der Waals surface area contributed by atoms with E-state index in [2.05, 4.69) is 0 Å². The molecular weight excluding hydrogens is 457 g/mol. The van der Waals surface area contributed by atoms with Crippen molar-refractivity contribution in [1.82, 2.24) is 0 Å². The molecule has 0 bridgehead atoms. The van der Waals surface area contributed by atoms with E-state index in [1.807, 2.05) is 0 Å². The highest BCUT2D eigenvalue weighted by atomic mass is 19.4. The first-order valence-corrected chi connectivity index (χ1v) is 8.62. The molecule has 0 saturated heterocycles. The zero-order chi connectivity index (χ0) is 24.5. The van der Waals surface area contributed by atoms with Gasteiger partial charge in [-0.15, -0.1) is 0 Å². The number of alkyl halides is 11.